The number of anilines is 1. The highest BCUT2D eigenvalue weighted by atomic mass is 16.1. The van der Waals surface area contributed by atoms with Crippen molar-refractivity contribution in [2.24, 2.45) is 5.92 Å². The van der Waals surface area contributed by atoms with E-state index in [0.717, 1.165) is 18.9 Å². The van der Waals surface area contributed by atoms with Crippen LogP contribution in [0.15, 0.2) is 0 Å². The van der Waals surface area contributed by atoms with Gasteiger partial charge in [-0.15, -0.1) is 0 Å². The van der Waals surface area contributed by atoms with Crippen LogP contribution in [0.25, 0.3) is 0 Å². The van der Waals surface area contributed by atoms with Crippen molar-refractivity contribution >= 4 is 11.7 Å². The van der Waals surface area contributed by atoms with E-state index in [9.17, 15) is 4.79 Å². The van der Waals surface area contributed by atoms with Gasteiger partial charge in [0, 0.05) is 29.6 Å². The average molecular weight is 304 g/mol. The number of likely N-dealkylation sites (tertiary alicyclic amines) is 1. The molecule has 5 nitrogen and oxygen atoms in total. The van der Waals surface area contributed by atoms with Crippen molar-refractivity contribution < 1.29 is 4.79 Å². The molecule has 2 N–H and O–H groups in total. The first-order valence-corrected chi connectivity index (χ1v) is 8.59. The molecule has 0 radical (unpaired) electrons. The van der Waals surface area contributed by atoms with Gasteiger partial charge in [0.05, 0.1) is 0 Å². The Labute approximate surface area is 132 Å². The van der Waals surface area contributed by atoms with E-state index >= 15 is 0 Å². The Morgan fingerprint density at radius 3 is 2.45 bits per heavy atom. The van der Waals surface area contributed by atoms with E-state index in [1.807, 2.05) is 0 Å². The molecule has 0 bridgehead atoms. The van der Waals surface area contributed by atoms with Gasteiger partial charge in [0.2, 0.25) is 5.91 Å². The van der Waals surface area contributed by atoms with Crippen LogP contribution >= 0.6 is 0 Å². The molecule has 0 saturated carbocycles. The fraction of sp³-hybridized carbons (Fsp3) is 0.765. The molecular weight excluding hydrogens is 276 g/mol. The number of H-pyrrole nitrogens is 1. The van der Waals surface area contributed by atoms with Crippen LogP contribution < -0.4 is 5.32 Å². The summed E-state index contributed by atoms with van der Waals surface area (Å²) in [6, 6.07) is 0.617. The van der Waals surface area contributed by atoms with Gasteiger partial charge in [-0.2, -0.15) is 5.10 Å². The Kier molecular flexibility index (Phi) is 4.26. The zero-order valence-corrected chi connectivity index (χ0v) is 14.1. The lowest BCUT2D eigenvalue weighted by atomic mass is 9.75. The first kappa shape index (κ1) is 15.5. The number of fused-ring (bicyclic) bond motifs is 1. The third-order valence-electron chi connectivity index (χ3n) is 5.32. The Morgan fingerprint density at radius 1 is 1.18 bits per heavy atom. The van der Waals surface area contributed by atoms with E-state index in [-0.39, 0.29) is 5.91 Å². The van der Waals surface area contributed by atoms with Gasteiger partial charge >= 0.3 is 0 Å². The molecule has 0 spiro atoms. The van der Waals surface area contributed by atoms with Gasteiger partial charge in [-0.1, -0.05) is 13.8 Å². The van der Waals surface area contributed by atoms with Crippen molar-refractivity contribution in [3.63, 3.8) is 0 Å². The summed E-state index contributed by atoms with van der Waals surface area (Å²) in [5, 5.41) is 10.4. The van der Waals surface area contributed by atoms with E-state index in [0.29, 0.717) is 30.2 Å². The molecule has 22 heavy (non-hydrogen) atoms. The number of nitrogens with zero attached hydrogens (tertiary/aromatic N) is 2. The fourth-order valence-electron chi connectivity index (χ4n) is 4.00. The predicted octanol–water partition coefficient (Wildman–Crippen LogP) is 3.08. The zero-order valence-electron chi connectivity index (χ0n) is 14.1. The number of carbonyl (C=O) groups excluding carboxylic acids is 1. The molecule has 1 amide bonds. The smallest absolute Gasteiger partial charge is 0.226 e. The molecule has 3 heterocycles. The van der Waals surface area contributed by atoms with Gasteiger partial charge in [-0.3, -0.25) is 9.89 Å². The summed E-state index contributed by atoms with van der Waals surface area (Å²) >= 11 is 0. The zero-order chi connectivity index (χ0) is 15.9. The maximum Gasteiger partial charge on any atom is 0.226 e. The molecule has 1 aromatic rings. The maximum absolute atomic E-state index is 12.1. The molecule has 1 atom stereocenters. The van der Waals surface area contributed by atoms with Gasteiger partial charge in [-0.05, 0) is 51.6 Å². The molecule has 2 aliphatic rings. The van der Waals surface area contributed by atoms with Crippen LogP contribution in [-0.2, 0) is 4.79 Å². The lowest BCUT2D eigenvalue weighted by molar-refractivity contribution is -0.117. The quantitative estimate of drug-likeness (QED) is 0.902. The Hall–Kier alpha value is -1.36. The van der Waals surface area contributed by atoms with Crippen LogP contribution in [0.2, 0.25) is 0 Å². The van der Waals surface area contributed by atoms with E-state index in [4.69, 9.17) is 0 Å². The minimum absolute atomic E-state index is 0.116. The van der Waals surface area contributed by atoms with Crippen LogP contribution in [0.3, 0.4) is 0 Å². The van der Waals surface area contributed by atoms with E-state index in [1.54, 1.807) is 0 Å². The number of hydrogen-bond donors (Lipinski definition) is 2. The summed E-state index contributed by atoms with van der Waals surface area (Å²) < 4.78 is 0. The van der Waals surface area contributed by atoms with Crippen LogP contribution in [0, 0.1) is 5.92 Å². The first-order chi connectivity index (χ1) is 10.5. The van der Waals surface area contributed by atoms with Crippen molar-refractivity contribution in [1.29, 1.82) is 0 Å². The number of piperidine rings is 1. The van der Waals surface area contributed by atoms with Crippen LogP contribution in [-0.4, -0.2) is 40.1 Å². The number of hydrogen-bond acceptors (Lipinski definition) is 3. The monoisotopic (exact) mass is 304 g/mol. The number of amides is 1. The van der Waals surface area contributed by atoms with Gasteiger partial charge < -0.3 is 10.2 Å². The summed E-state index contributed by atoms with van der Waals surface area (Å²) in [6.07, 6.45) is 2.97. The Balaban J connectivity index is 1.83. The number of aromatic nitrogens is 2. The summed E-state index contributed by atoms with van der Waals surface area (Å²) in [5.41, 5.74) is 2.48. The second kappa shape index (κ2) is 6.03. The first-order valence-electron chi connectivity index (χ1n) is 8.59. The predicted molar refractivity (Wildman–Crippen MR) is 88.1 cm³/mol. The molecule has 0 unspecified atom stereocenters. The molecular formula is C17H28N4O. The minimum atomic E-state index is 0.116. The number of aromatic amines is 1. The van der Waals surface area contributed by atoms with Crippen molar-refractivity contribution in [3.05, 3.63) is 11.3 Å². The Bertz CT molecular complexity index is 541. The highest BCUT2D eigenvalue weighted by Gasteiger charge is 2.37. The number of carbonyl (C=O) groups is 1. The van der Waals surface area contributed by atoms with Crippen molar-refractivity contribution in [1.82, 2.24) is 15.1 Å². The normalized spacial score (nSPS) is 23.9. The van der Waals surface area contributed by atoms with Crippen molar-refractivity contribution in [2.45, 2.75) is 64.8 Å². The molecule has 0 aromatic carbocycles. The third-order valence-corrected chi connectivity index (χ3v) is 5.32. The molecule has 0 aliphatic carbocycles. The third kappa shape index (κ3) is 2.78. The van der Waals surface area contributed by atoms with Gasteiger partial charge in [0.25, 0.3) is 0 Å². The van der Waals surface area contributed by atoms with E-state index in [1.165, 1.54) is 24.1 Å². The largest absolute Gasteiger partial charge is 0.309 e. The van der Waals surface area contributed by atoms with Crippen LogP contribution in [0.5, 0.6) is 0 Å². The summed E-state index contributed by atoms with van der Waals surface area (Å²) in [5.74, 6) is 2.22. The van der Waals surface area contributed by atoms with Gasteiger partial charge in [0.1, 0.15) is 0 Å². The standard InChI is InChI=1S/C17H28N4O/c1-10(2)16-15-13(9-14(22)18-17(15)20-19-16)12-5-7-21(8-6-12)11(3)4/h10-13H,5-9H2,1-4H3,(H2,18,19,20,22)/t13-/m0/s1. The topological polar surface area (TPSA) is 61.0 Å². The molecule has 1 fully saturated rings. The summed E-state index contributed by atoms with van der Waals surface area (Å²) in [6.45, 7) is 11.2. The molecule has 1 aromatic heterocycles. The van der Waals surface area contributed by atoms with Gasteiger partial charge in [-0.25, -0.2) is 0 Å². The molecule has 3 rings (SSSR count). The Morgan fingerprint density at radius 2 is 1.86 bits per heavy atom. The lowest BCUT2D eigenvalue weighted by Crippen LogP contribution is -2.41. The molecule has 5 heteroatoms. The molecule has 122 valence electrons. The lowest BCUT2D eigenvalue weighted by Gasteiger charge is -2.39. The number of nitrogens with one attached hydrogen (secondary N) is 2. The SMILES string of the molecule is CC(C)c1[nH]nc2c1[C@H](C1CCN(C(C)C)CC1)CC(=O)N2. The molecule has 2 aliphatic heterocycles. The number of rotatable bonds is 3. The average Bonchev–Trinajstić information content (AvgIpc) is 2.90. The van der Waals surface area contributed by atoms with E-state index < -0.39 is 0 Å². The maximum atomic E-state index is 12.1. The van der Waals surface area contributed by atoms with E-state index in [2.05, 4.69) is 48.1 Å². The van der Waals surface area contributed by atoms with Crippen molar-refractivity contribution in [2.75, 3.05) is 18.4 Å². The minimum Gasteiger partial charge on any atom is -0.309 e. The summed E-state index contributed by atoms with van der Waals surface area (Å²) in [4.78, 5) is 14.6. The summed E-state index contributed by atoms with van der Waals surface area (Å²) in [7, 11) is 0. The fourth-order valence-corrected chi connectivity index (χ4v) is 4.00. The van der Waals surface area contributed by atoms with Crippen molar-refractivity contribution in [3.8, 4) is 0 Å². The molecule has 1 saturated heterocycles. The second-order valence-electron chi connectivity index (χ2n) is 7.38. The second-order valence-corrected chi connectivity index (χ2v) is 7.38. The van der Waals surface area contributed by atoms with Gasteiger partial charge in [0.15, 0.2) is 5.82 Å². The highest BCUT2D eigenvalue weighted by molar-refractivity contribution is 5.93. The van der Waals surface area contributed by atoms with Crippen LogP contribution in [0.1, 0.15) is 70.1 Å². The van der Waals surface area contributed by atoms with Crippen LogP contribution in [0.4, 0.5) is 5.82 Å². The highest BCUT2D eigenvalue weighted by Crippen LogP contribution is 2.43.